The van der Waals surface area contributed by atoms with Gasteiger partial charge in [-0.3, -0.25) is 0 Å². The largest absolute Gasteiger partial charge is 0.453 e. The summed E-state index contributed by atoms with van der Waals surface area (Å²) in [6, 6.07) is 46.6. The molecule has 0 aromatic heterocycles. The number of fused-ring (bicyclic) bond motifs is 11. The fraction of sp³-hybridized carbons (Fsp3) is 0.111. The number of ether oxygens (including phenoxy) is 1. The maximum atomic E-state index is 6.79. The van der Waals surface area contributed by atoms with E-state index < -0.39 is 0 Å². The number of nitrogens with zero attached hydrogens (tertiary/aromatic N) is 1. The molecule has 0 N–H and O–H groups in total. The standard InChI is InChI=1S/C45H33NO/c1-45(2)39-19-11-10-18-36(39)38-26-42-44(27-40(38)45)47-43-23-21-29(25-41(43)46(42)30-12-4-3-5-13-30)28-20-22-35-33-16-7-6-14-31(33)32-15-8-9-17-34(32)37(35)24-28/h3-27,36,39H,1-2H3. The van der Waals surface area contributed by atoms with Crippen molar-refractivity contribution in [2.24, 2.45) is 5.92 Å². The second-order valence-corrected chi connectivity index (χ2v) is 13.8. The zero-order chi connectivity index (χ0) is 31.3. The van der Waals surface area contributed by atoms with Crippen LogP contribution in [0.25, 0.3) is 43.4 Å². The van der Waals surface area contributed by atoms with Gasteiger partial charge in [-0.1, -0.05) is 123 Å². The van der Waals surface area contributed by atoms with Gasteiger partial charge in [-0.2, -0.15) is 0 Å². The van der Waals surface area contributed by atoms with Crippen LogP contribution in [0.15, 0.2) is 152 Å². The molecule has 2 nitrogen and oxygen atoms in total. The van der Waals surface area contributed by atoms with Crippen molar-refractivity contribution in [1.82, 2.24) is 0 Å². The molecule has 2 aliphatic carbocycles. The quantitative estimate of drug-likeness (QED) is 0.182. The molecule has 2 unspecified atom stereocenters. The van der Waals surface area contributed by atoms with Gasteiger partial charge in [0, 0.05) is 11.6 Å². The Balaban J connectivity index is 1.16. The molecule has 0 radical (unpaired) electrons. The van der Waals surface area contributed by atoms with Crippen LogP contribution in [-0.4, -0.2) is 0 Å². The molecule has 0 saturated heterocycles. The van der Waals surface area contributed by atoms with Crippen molar-refractivity contribution in [2.45, 2.75) is 25.2 Å². The van der Waals surface area contributed by atoms with Crippen LogP contribution in [0.4, 0.5) is 17.1 Å². The Morgan fingerprint density at radius 3 is 1.87 bits per heavy atom. The monoisotopic (exact) mass is 603 g/mol. The average Bonchev–Trinajstić information content (AvgIpc) is 3.35. The first-order valence-corrected chi connectivity index (χ1v) is 16.6. The van der Waals surface area contributed by atoms with E-state index in [0.29, 0.717) is 11.8 Å². The highest BCUT2D eigenvalue weighted by molar-refractivity contribution is 6.25. The smallest absolute Gasteiger partial charge is 0.151 e. The molecule has 1 aliphatic heterocycles. The molecule has 2 atom stereocenters. The van der Waals surface area contributed by atoms with Crippen molar-refractivity contribution in [2.75, 3.05) is 4.90 Å². The van der Waals surface area contributed by atoms with E-state index in [4.69, 9.17) is 4.74 Å². The fourth-order valence-electron chi connectivity index (χ4n) is 8.60. The van der Waals surface area contributed by atoms with Gasteiger partial charge in [0.25, 0.3) is 0 Å². The molecular formula is C45H33NO. The van der Waals surface area contributed by atoms with Gasteiger partial charge >= 0.3 is 0 Å². The van der Waals surface area contributed by atoms with E-state index in [1.165, 1.54) is 54.6 Å². The third-order valence-corrected chi connectivity index (χ3v) is 10.9. The number of rotatable bonds is 2. The summed E-state index contributed by atoms with van der Waals surface area (Å²) in [4.78, 5) is 2.39. The first kappa shape index (κ1) is 26.6. The molecule has 7 aromatic rings. The Kier molecular flexibility index (Phi) is 5.49. The molecular weight excluding hydrogens is 571 g/mol. The van der Waals surface area contributed by atoms with Crippen molar-refractivity contribution in [3.05, 3.63) is 163 Å². The second kappa shape index (κ2) is 9.70. The third kappa shape index (κ3) is 3.79. The first-order valence-electron chi connectivity index (χ1n) is 16.6. The maximum Gasteiger partial charge on any atom is 0.151 e. The summed E-state index contributed by atoms with van der Waals surface area (Å²) in [5.74, 6) is 2.59. The lowest BCUT2D eigenvalue weighted by molar-refractivity contribution is 0.393. The topological polar surface area (TPSA) is 12.5 Å². The number of anilines is 3. The lowest BCUT2D eigenvalue weighted by Crippen LogP contribution is -2.24. The zero-order valence-corrected chi connectivity index (χ0v) is 26.4. The highest BCUT2D eigenvalue weighted by atomic mass is 16.5. The normalized spacial score (nSPS) is 18.6. The van der Waals surface area contributed by atoms with E-state index in [2.05, 4.69) is 170 Å². The van der Waals surface area contributed by atoms with Crippen LogP contribution in [0.3, 0.4) is 0 Å². The lowest BCUT2D eigenvalue weighted by Gasteiger charge is -2.34. The highest BCUT2D eigenvalue weighted by Gasteiger charge is 2.46. The van der Waals surface area contributed by atoms with E-state index in [1.807, 2.05) is 0 Å². The zero-order valence-electron chi connectivity index (χ0n) is 26.4. The van der Waals surface area contributed by atoms with Crippen molar-refractivity contribution >= 4 is 49.4 Å². The van der Waals surface area contributed by atoms with Crippen molar-refractivity contribution < 1.29 is 4.74 Å². The van der Waals surface area contributed by atoms with E-state index in [9.17, 15) is 0 Å². The van der Waals surface area contributed by atoms with Gasteiger partial charge in [0.15, 0.2) is 11.5 Å². The average molecular weight is 604 g/mol. The number of allylic oxidation sites excluding steroid dienone is 4. The van der Waals surface area contributed by atoms with Crippen LogP contribution in [0.2, 0.25) is 0 Å². The van der Waals surface area contributed by atoms with Gasteiger partial charge in [-0.25, -0.2) is 0 Å². The highest BCUT2D eigenvalue weighted by Crippen LogP contribution is 2.59. The molecule has 3 aliphatic rings. The summed E-state index contributed by atoms with van der Waals surface area (Å²) in [6.07, 6.45) is 9.17. The minimum absolute atomic E-state index is 0.0208. The van der Waals surface area contributed by atoms with Crippen molar-refractivity contribution in [1.29, 1.82) is 0 Å². The maximum absolute atomic E-state index is 6.79. The van der Waals surface area contributed by atoms with E-state index in [-0.39, 0.29) is 5.41 Å². The molecule has 0 saturated carbocycles. The number of para-hydroxylation sites is 1. The van der Waals surface area contributed by atoms with Crippen LogP contribution in [0, 0.1) is 5.92 Å². The molecule has 47 heavy (non-hydrogen) atoms. The fourth-order valence-corrected chi connectivity index (χ4v) is 8.60. The van der Waals surface area contributed by atoms with Crippen LogP contribution in [0.1, 0.15) is 30.9 Å². The van der Waals surface area contributed by atoms with Crippen molar-refractivity contribution in [3.8, 4) is 22.6 Å². The van der Waals surface area contributed by atoms with E-state index >= 15 is 0 Å². The van der Waals surface area contributed by atoms with Crippen molar-refractivity contribution in [3.63, 3.8) is 0 Å². The molecule has 224 valence electrons. The Morgan fingerprint density at radius 1 is 0.532 bits per heavy atom. The van der Waals surface area contributed by atoms with Gasteiger partial charge in [0.2, 0.25) is 0 Å². The van der Waals surface area contributed by atoms with Crippen LogP contribution in [-0.2, 0) is 5.41 Å². The predicted octanol–water partition coefficient (Wildman–Crippen LogP) is 12.5. The summed E-state index contributed by atoms with van der Waals surface area (Å²) in [5.41, 5.74) is 8.43. The molecule has 7 aromatic carbocycles. The Hall–Kier alpha value is -5.60. The van der Waals surface area contributed by atoms with E-state index in [1.54, 1.807) is 0 Å². The summed E-state index contributed by atoms with van der Waals surface area (Å²) < 4.78 is 6.79. The number of hydrogen-bond acceptors (Lipinski definition) is 2. The van der Waals surface area contributed by atoms with Crippen LogP contribution >= 0.6 is 0 Å². The minimum Gasteiger partial charge on any atom is -0.453 e. The van der Waals surface area contributed by atoms with Gasteiger partial charge in [-0.15, -0.1) is 0 Å². The SMILES string of the molecule is CC1(C)c2cc3c(cc2C2C=CC=CC21)N(c1ccccc1)c1cc(-c2ccc4c5ccccc5c5ccccc5c4c2)ccc1O3. The van der Waals surface area contributed by atoms with Gasteiger partial charge < -0.3 is 9.64 Å². The molecule has 0 amide bonds. The second-order valence-electron chi connectivity index (χ2n) is 13.8. The minimum atomic E-state index is 0.0208. The lowest BCUT2D eigenvalue weighted by atomic mass is 9.74. The molecule has 2 heteroatoms. The summed E-state index contributed by atoms with van der Waals surface area (Å²) in [5, 5.41) is 7.72. The Labute approximate surface area is 274 Å². The molecule has 10 rings (SSSR count). The predicted molar refractivity (Wildman–Crippen MR) is 197 cm³/mol. The molecule has 0 bridgehead atoms. The third-order valence-electron chi connectivity index (χ3n) is 10.9. The van der Waals surface area contributed by atoms with E-state index in [0.717, 1.165) is 28.6 Å². The molecule has 1 heterocycles. The van der Waals surface area contributed by atoms with Gasteiger partial charge in [-0.05, 0) is 108 Å². The Morgan fingerprint density at radius 2 is 1.13 bits per heavy atom. The first-order chi connectivity index (χ1) is 23.1. The summed E-state index contributed by atoms with van der Waals surface area (Å²) in [6.45, 7) is 4.75. The summed E-state index contributed by atoms with van der Waals surface area (Å²) in [7, 11) is 0. The van der Waals surface area contributed by atoms with Crippen LogP contribution in [0.5, 0.6) is 11.5 Å². The molecule has 0 spiro atoms. The van der Waals surface area contributed by atoms with Gasteiger partial charge in [0.05, 0.1) is 11.4 Å². The van der Waals surface area contributed by atoms with Crippen LogP contribution < -0.4 is 9.64 Å². The Bertz CT molecular complexity index is 2450. The molecule has 0 fully saturated rings. The van der Waals surface area contributed by atoms with Gasteiger partial charge in [0.1, 0.15) is 0 Å². The summed E-state index contributed by atoms with van der Waals surface area (Å²) >= 11 is 0. The number of hydrogen-bond donors (Lipinski definition) is 0. The number of benzene rings is 7.